The summed E-state index contributed by atoms with van der Waals surface area (Å²) in [6.07, 6.45) is 3.40. The highest BCUT2D eigenvalue weighted by molar-refractivity contribution is 5.74. The van der Waals surface area contributed by atoms with Crippen molar-refractivity contribution in [3.8, 4) is 0 Å². The predicted molar refractivity (Wildman–Crippen MR) is 107 cm³/mol. The lowest BCUT2D eigenvalue weighted by atomic mass is 9.76. The number of carbonyl (C=O) groups is 2. The molecule has 1 saturated heterocycles. The van der Waals surface area contributed by atoms with Crippen molar-refractivity contribution in [3.63, 3.8) is 0 Å². The molecule has 3 N–H and O–H groups in total. The summed E-state index contributed by atoms with van der Waals surface area (Å²) in [4.78, 5) is 25.7. The molecule has 2 rings (SSSR count). The summed E-state index contributed by atoms with van der Waals surface area (Å²) in [5, 5.41) is 15.0. The maximum Gasteiger partial charge on any atom is 0.315 e. The summed E-state index contributed by atoms with van der Waals surface area (Å²) in [7, 11) is 2.11. The van der Waals surface area contributed by atoms with Crippen molar-refractivity contribution in [2.45, 2.75) is 58.0 Å². The first-order chi connectivity index (χ1) is 12.8. The standard InChI is InChI=1S/C21H33N3O3/c1-21(2)12-7-13-24(3)18(21)15-22-20(27)23-17(10-11-19(25)26)14-16-8-5-4-6-9-16/h4-6,8-9,17-18H,7,10-15H2,1-3H3,(H,25,26)(H2,22,23,27). The van der Waals surface area contributed by atoms with E-state index in [4.69, 9.17) is 5.11 Å². The first-order valence-corrected chi connectivity index (χ1v) is 9.78. The molecule has 150 valence electrons. The number of nitrogens with zero attached hydrogens (tertiary/aromatic N) is 1. The summed E-state index contributed by atoms with van der Waals surface area (Å²) < 4.78 is 0. The third-order valence-electron chi connectivity index (χ3n) is 5.59. The Kier molecular flexibility index (Phi) is 7.66. The van der Waals surface area contributed by atoms with Gasteiger partial charge in [0.1, 0.15) is 0 Å². The summed E-state index contributed by atoms with van der Waals surface area (Å²) in [6.45, 7) is 6.13. The van der Waals surface area contributed by atoms with Gasteiger partial charge in [0, 0.05) is 25.0 Å². The number of likely N-dealkylation sites (N-methyl/N-ethyl adjacent to an activating group) is 1. The fourth-order valence-corrected chi connectivity index (χ4v) is 3.98. The summed E-state index contributed by atoms with van der Waals surface area (Å²) in [5.41, 5.74) is 1.24. The maximum absolute atomic E-state index is 12.5. The molecule has 0 spiro atoms. The molecule has 2 amide bonds. The minimum Gasteiger partial charge on any atom is -0.481 e. The smallest absolute Gasteiger partial charge is 0.315 e. The molecule has 1 aromatic carbocycles. The Morgan fingerprint density at radius 3 is 2.63 bits per heavy atom. The lowest BCUT2D eigenvalue weighted by Gasteiger charge is -2.45. The van der Waals surface area contributed by atoms with Crippen LogP contribution in [0.2, 0.25) is 0 Å². The van der Waals surface area contributed by atoms with Crippen LogP contribution in [0.15, 0.2) is 30.3 Å². The van der Waals surface area contributed by atoms with Crippen LogP contribution in [0.25, 0.3) is 0 Å². The van der Waals surface area contributed by atoms with Crippen LogP contribution in [-0.4, -0.2) is 54.2 Å². The van der Waals surface area contributed by atoms with Gasteiger partial charge in [0.05, 0.1) is 0 Å². The molecule has 27 heavy (non-hydrogen) atoms. The van der Waals surface area contributed by atoms with Crippen LogP contribution in [0.1, 0.15) is 45.1 Å². The molecule has 1 aliphatic heterocycles. The number of piperidine rings is 1. The molecule has 2 atom stereocenters. The number of hydrogen-bond acceptors (Lipinski definition) is 3. The molecule has 1 heterocycles. The maximum atomic E-state index is 12.5. The first-order valence-electron chi connectivity index (χ1n) is 9.78. The quantitative estimate of drug-likeness (QED) is 0.653. The number of aliphatic carboxylic acids is 1. The Hall–Kier alpha value is -2.08. The monoisotopic (exact) mass is 375 g/mol. The second-order valence-corrected chi connectivity index (χ2v) is 8.26. The van der Waals surface area contributed by atoms with E-state index in [-0.39, 0.29) is 23.9 Å². The van der Waals surface area contributed by atoms with E-state index in [1.54, 1.807) is 0 Å². The number of nitrogens with one attached hydrogen (secondary N) is 2. The average molecular weight is 376 g/mol. The number of likely N-dealkylation sites (tertiary alicyclic amines) is 1. The first kappa shape index (κ1) is 21.2. The van der Waals surface area contributed by atoms with E-state index in [0.717, 1.165) is 18.5 Å². The lowest BCUT2D eigenvalue weighted by Crippen LogP contribution is -2.55. The number of urea groups is 1. The Labute approximate surface area is 162 Å². The van der Waals surface area contributed by atoms with Crippen LogP contribution in [-0.2, 0) is 11.2 Å². The number of rotatable bonds is 8. The van der Waals surface area contributed by atoms with Crippen LogP contribution in [0.4, 0.5) is 4.79 Å². The van der Waals surface area contributed by atoms with Gasteiger partial charge in [-0.1, -0.05) is 44.2 Å². The highest BCUT2D eigenvalue weighted by atomic mass is 16.4. The van der Waals surface area contributed by atoms with Crippen LogP contribution < -0.4 is 10.6 Å². The van der Waals surface area contributed by atoms with Crippen LogP contribution in [0.3, 0.4) is 0 Å². The van der Waals surface area contributed by atoms with E-state index in [0.29, 0.717) is 25.4 Å². The summed E-state index contributed by atoms with van der Waals surface area (Å²) in [5.74, 6) is -0.846. The van der Waals surface area contributed by atoms with E-state index in [1.165, 1.54) is 6.42 Å². The Morgan fingerprint density at radius 1 is 1.30 bits per heavy atom. The molecule has 1 aliphatic rings. The van der Waals surface area contributed by atoms with E-state index in [1.807, 2.05) is 30.3 Å². The molecule has 0 bridgehead atoms. The number of amides is 2. The van der Waals surface area contributed by atoms with Gasteiger partial charge in [-0.3, -0.25) is 4.79 Å². The minimum atomic E-state index is -0.846. The molecule has 0 radical (unpaired) electrons. The van der Waals surface area contributed by atoms with Crippen molar-refractivity contribution in [3.05, 3.63) is 35.9 Å². The van der Waals surface area contributed by atoms with Crippen molar-refractivity contribution in [2.24, 2.45) is 5.41 Å². The van der Waals surface area contributed by atoms with Gasteiger partial charge in [-0.2, -0.15) is 0 Å². The van der Waals surface area contributed by atoms with Crippen LogP contribution in [0.5, 0.6) is 0 Å². The van der Waals surface area contributed by atoms with Gasteiger partial charge < -0.3 is 20.6 Å². The van der Waals surface area contributed by atoms with Gasteiger partial charge in [0.2, 0.25) is 0 Å². The number of hydrogen-bond donors (Lipinski definition) is 3. The molecule has 0 aliphatic carbocycles. The number of carbonyl (C=O) groups excluding carboxylic acids is 1. The average Bonchev–Trinajstić information content (AvgIpc) is 2.59. The van der Waals surface area contributed by atoms with E-state index < -0.39 is 5.97 Å². The largest absolute Gasteiger partial charge is 0.481 e. The van der Waals surface area contributed by atoms with Crippen LogP contribution in [0, 0.1) is 5.41 Å². The Balaban J connectivity index is 1.90. The Morgan fingerprint density at radius 2 is 2.00 bits per heavy atom. The molecular formula is C21H33N3O3. The molecule has 2 unspecified atom stereocenters. The van der Waals surface area contributed by atoms with Gasteiger partial charge in [-0.05, 0) is 50.3 Å². The zero-order valence-electron chi connectivity index (χ0n) is 16.7. The number of carboxylic acids is 1. The van der Waals surface area contributed by atoms with Gasteiger partial charge in [-0.15, -0.1) is 0 Å². The second kappa shape index (κ2) is 9.74. The van der Waals surface area contributed by atoms with E-state index in [2.05, 4.69) is 36.4 Å². The molecule has 1 fully saturated rings. The fraction of sp³-hybridized carbons (Fsp3) is 0.619. The van der Waals surface area contributed by atoms with Gasteiger partial charge >= 0.3 is 12.0 Å². The van der Waals surface area contributed by atoms with E-state index in [9.17, 15) is 9.59 Å². The van der Waals surface area contributed by atoms with Crippen molar-refractivity contribution >= 4 is 12.0 Å². The fourth-order valence-electron chi connectivity index (χ4n) is 3.98. The SMILES string of the molecule is CN1CCCC(C)(C)C1CNC(=O)NC(CCC(=O)O)Cc1ccccc1. The minimum absolute atomic E-state index is 0.0379. The second-order valence-electron chi connectivity index (χ2n) is 8.26. The van der Waals surface area contributed by atoms with Gasteiger partial charge in [0.15, 0.2) is 0 Å². The molecule has 0 aromatic heterocycles. The topological polar surface area (TPSA) is 81.7 Å². The zero-order valence-corrected chi connectivity index (χ0v) is 16.7. The molecule has 6 heteroatoms. The predicted octanol–water partition coefficient (Wildman–Crippen LogP) is 2.88. The zero-order chi connectivity index (χ0) is 19.9. The van der Waals surface area contributed by atoms with Gasteiger partial charge in [0.25, 0.3) is 0 Å². The third kappa shape index (κ3) is 6.86. The van der Waals surface area contributed by atoms with Crippen molar-refractivity contribution in [1.82, 2.24) is 15.5 Å². The molecular weight excluding hydrogens is 342 g/mol. The third-order valence-corrected chi connectivity index (χ3v) is 5.59. The highest BCUT2D eigenvalue weighted by Gasteiger charge is 2.35. The summed E-state index contributed by atoms with van der Waals surface area (Å²) in [6, 6.07) is 9.69. The molecule has 6 nitrogen and oxygen atoms in total. The Bertz CT molecular complexity index is 618. The van der Waals surface area contributed by atoms with Crippen molar-refractivity contribution in [1.29, 1.82) is 0 Å². The number of carboxylic acid groups (broad SMARTS) is 1. The van der Waals surface area contributed by atoms with Crippen LogP contribution >= 0.6 is 0 Å². The summed E-state index contributed by atoms with van der Waals surface area (Å²) >= 11 is 0. The highest BCUT2D eigenvalue weighted by Crippen LogP contribution is 2.33. The van der Waals surface area contributed by atoms with E-state index >= 15 is 0 Å². The molecule has 0 saturated carbocycles. The number of benzene rings is 1. The van der Waals surface area contributed by atoms with Crippen molar-refractivity contribution in [2.75, 3.05) is 20.1 Å². The molecule has 1 aromatic rings. The normalized spacial score (nSPS) is 20.6. The van der Waals surface area contributed by atoms with Crippen molar-refractivity contribution < 1.29 is 14.7 Å². The van der Waals surface area contributed by atoms with Gasteiger partial charge in [-0.25, -0.2) is 4.79 Å². The lowest BCUT2D eigenvalue weighted by molar-refractivity contribution is -0.137.